The summed E-state index contributed by atoms with van der Waals surface area (Å²) in [5.41, 5.74) is 35.8. The second-order valence-corrected chi connectivity index (χ2v) is 26.3. The Bertz CT molecular complexity index is 6370. The molecule has 0 saturated carbocycles. The van der Waals surface area contributed by atoms with E-state index in [0.29, 0.717) is 0 Å². The summed E-state index contributed by atoms with van der Waals surface area (Å²) in [6, 6.07) is 127. The molecule has 22 rings (SSSR count). The molecule has 0 bridgehead atoms. The fraction of sp³-hybridized carbons (Fsp3) is 0. The van der Waals surface area contributed by atoms with Gasteiger partial charge in [-0.1, -0.05) is 273 Å². The Hall–Kier alpha value is -13.4. The van der Waals surface area contributed by atoms with Gasteiger partial charge in [-0.3, -0.25) is 18.9 Å². The van der Waals surface area contributed by atoms with Crippen LogP contribution in [0.25, 0.3) is 166 Å². The Morgan fingerprint density at radius 2 is 0.530 bits per heavy atom. The minimum atomic E-state index is 0.880. The minimum absolute atomic E-state index is 0.880. The third kappa shape index (κ3) is 8.44. The number of hydrogen-bond donors (Lipinski definition) is 0. The maximum atomic E-state index is 5.26. The van der Waals surface area contributed by atoms with Gasteiger partial charge in [-0.25, -0.2) is 9.97 Å². The van der Waals surface area contributed by atoms with Gasteiger partial charge in [-0.05, 0) is 189 Å². The van der Waals surface area contributed by atoms with Crippen molar-refractivity contribution >= 4 is 78.3 Å². The molecule has 100 heavy (non-hydrogen) atoms. The lowest BCUT2D eigenvalue weighted by molar-refractivity contribution is 1.05. The highest BCUT2D eigenvalue weighted by molar-refractivity contribution is 6.20. The Morgan fingerprint density at radius 3 is 1.04 bits per heavy atom. The van der Waals surface area contributed by atoms with Crippen LogP contribution in [0, 0.1) is 0 Å². The fourth-order valence-corrected chi connectivity index (χ4v) is 16.6. The number of fused-ring (bicyclic) bond motifs is 20. The summed E-state index contributed by atoms with van der Waals surface area (Å²) in [7, 11) is 0. The second kappa shape index (κ2) is 22.1. The number of hydrogen-bond acceptors (Lipinski definition) is 4. The highest BCUT2D eigenvalue weighted by atomic mass is 15.3. The molecule has 0 radical (unpaired) electrons. The predicted molar refractivity (Wildman–Crippen MR) is 415 cm³/mol. The zero-order valence-corrected chi connectivity index (χ0v) is 54.2. The van der Waals surface area contributed by atoms with E-state index in [0.717, 1.165) is 73.7 Å². The zero-order chi connectivity index (χ0) is 65.5. The molecule has 4 heterocycles. The average molecular weight is 1270 g/mol. The van der Waals surface area contributed by atoms with Gasteiger partial charge in [-0.2, -0.15) is 0 Å². The first-order valence-corrected chi connectivity index (χ1v) is 34.3. The third-order valence-electron chi connectivity index (χ3n) is 21.0. The first-order chi connectivity index (χ1) is 49.6. The summed E-state index contributed by atoms with van der Waals surface area (Å²) in [5.74, 6) is 1.76. The molecule has 6 heteroatoms. The molecule has 16 aromatic carbocycles. The van der Waals surface area contributed by atoms with Crippen LogP contribution >= 0.6 is 0 Å². The number of para-hydroxylation sites is 8. The van der Waals surface area contributed by atoms with Crippen molar-refractivity contribution in [3.05, 3.63) is 352 Å². The third-order valence-corrected chi connectivity index (χ3v) is 21.0. The molecule has 0 atom stereocenters. The number of anilines is 6. The van der Waals surface area contributed by atoms with Gasteiger partial charge in [0.15, 0.2) is 0 Å². The van der Waals surface area contributed by atoms with E-state index in [4.69, 9.17) is 9.97 Å². The molecule has 18 aromatic rings. The Morgan fingerprint density at radius 1 is 0.190 bits per heavy atom. The average Bonchev–Trinajstić information content (AvgIpc) is 1.59. The zero-order valence-electron chi connectivity index (χ0n) is 54.2. The van der Waals surface area contributed by atoms with Gasteiger partial charge < -0.3 is 0 Å². The van der Waals surface area contributed by atoms with Gasteiger partial charge >= 0.3 is 0 Å². The Labute approximate surface area is 578 Å². The van der Waals surface area contributed by atoms with Gasteiger partial charge in [0.05, 0.1) is 44.8 Å². The van der Waals surface area contributed by atoms with Gasteiger partial charge in [-0.15, -0.1) is 0 Å². The van der Waals surface area contributed by atoms with Crippen LogP contribution < -0.4 is 9.80 Å². The number of benzene rings is 16. The van der Waals surface area contributed by atoms with Crippen molar-refractivity contribution in [3.8, 4) is 123 Å². The lowest BCUT2D eigenvalue weighted by atomic mass is 9.92. The van der Waals surface area contributed by atoms with Crippen molar-refractivity contribution in [3.63, 3.8) is 0 Å². The molecular weight excluding hydrogens is 1210 g/mol. The first-order valence-electron chi connectivity index (χ1n) is 34.3. The van der Waals surface area contributed by atoms with Crippen molar-refractivity contribution in [1.82, 2.24) is 19.1 Å². The second-order valence-electron chi connectivity index (χ2n) is 26.3. The molecule has 2 aromatic heterocycles. The molecule has 2 aliphatic carbocycles. The molecule has 2 aliphatic heterocycles. The van der Waals surface area contributed by atoms with E-state index in [1.165, 1.54) is 127 Å². The van der Waals surface area contributed by atoms with Crippen molar-refractivity contribution in [2.24, 2.45) is 0 Å². The van der Waals surface area contributed by atoms with E-state index < -0.39 is 0 Å². The van der Waals surface area contributed by atoms with E-state index in [9.17, 15) is 0 Å². The summed E-state index contributed by atoms with van der Waals surface area (Å²) >= 11 is 0. The molecule has 0 N–H and O–H groups in total. The standard InChI is InChI=1S/2C47H29N3/c1-2-14-36-35(13-1)40-18-10-17-39-34(27-28-41(36)46(39)40)31-25-23-30(24-26-31)32-11-9-12-33(29-32)49-43-20-6-3-15-37(43)38-16-4-7-21-44(38)50-45-22-8-5-19-42(45)48-47(49)50;1-2-14-36-35(13-1)40-18-10-17-39-34(27-28-41(36)46(39)40)32-12-9-11-31(29-32)30-23-25-33(26-24-30)49-43-20-6-3-15-37(43)38-16-4-7-21-44(38)50-45-22-8-5-19-42(45)48-47(49)50/h2*1-29H. The minimum Gasteiger partial charge on any atom is -0.280 e. The summed E-state index contributed by atoms with van der Waals surface area (Å²) < 4.78 is 4.61. The molecule has 4 aliphatic rings. The molecule has 6 nitrogen and oxygen atoms in total. The highest BCUT2D eigenvalue weighted by Crippen LogP contribution is 2.54. The van der Waals surface area contributed by atoms with E-state index in [-0.39, 0.29) is 0 Å². The van der Waals surface area contributed by atoms with E-state index in [1.54, 1.807) is 0 Å². The van der Waals surface area contributed by atoms with Crippen LogP contribution in [0.4, 0.5) is 34.6 Å². The number of rotatable bonds is 6. The Balaban J connectivity index is 0.000000131. The molecule has 0 fully saturated rings. The lowest BCUT2D eigenvalue weighted by Gasteiger charge is -2.25. The van der Waals surface area contributed by atoms with Crippen molar-refractivity contribution in [2.75, 3.05) is 9.80 Å². The monoisotopic (exact) mass is 1270 g/mol. The van der Waals surface area contributed by atoms with Crippen LogP contribution in [0.3, 0.4) is 0 Å². The van der Waals surface area contributed by atoms with Crippen LogP contribution in [-0.2, 0) is 0 Å². The lowest BCUT2D eigenvalue weighted by Crippen LogP contribution is -2.14. The number of aromatic nitrogens is 4. The maximum absolute atomic E-state index is 5.26. The molecule has 464 valence electrons. The van der Waals surface area contributed by atoms with E-state index >= 15 is 0 Å². The van der Waals surface area contributed by atoms with Crippen LogP contribution in [0.1, 0.15) is 0 Å². The van der Waals surface area contributed by atoms with E-state index in [2.05, 4.69) is 371 Å². The van der Waals surface area contributed by atoms with Gasteiger partial charge in [0.1, 0.15) is 0 Å². The summed E-state index contributed by atoms with van der Waals surface area (Å²) in [4.78, 5) is 15.1. The molecular formula is C94H58N6. The smallest absolute Gasteiger partial charge is 0.220 e. The summed E-state index contributed by atoms with van der Waals surface area (Å²) in [5, 5.41) is 5.31. The summed E-state index contributed by atoms with van der Waals surface area (Å²) in [6.07, 6.45) is 0. The molecule has 0 unspecified atom stereocenters. The number of imidazole rings is 2. The van der Waals surface area contributed by atoms with Gasteiger partial charge in [0, 0.05) is 33.6 Å². The van der Waals surface area contributed by atoms with Crippen molar-refractivity contribution in [2.45, 2.75) is 0 Å². The van der Waals surface area contributed by atoms with Crippen LogP contribution in [0.5, 0.6) is 0 Å². The van der Waals surface area contributed by atoms with Crippen LogP contribution in [0.2, 0.25) is 0 Å². The van der Waals surface area contributed by atoms with Crippen LogP contribution in [-0.4, -0.2) is 19.1 Å². The van der Waals surface area contributed by atoms with E-state index in [1.807, 2.05) is 0 Å². The SMILES string of the molecule is c1cc(-c2ccc(-c3ccc4c5c(cccc35)-c3ccccc3-4)cc2)cc(N2c3ccccc3-c3ccccc3-n3c2nc2ccccc23)c1.c1cc(-c2ccc(N3c4ccccc4-c4ccccc4-n4c3nc3ccccc34)cc2)cc(-c2ccc3c4c(cccc24)-c2ccccc2-3)c1. The molecule has 0 amide bonds. The fourth-order valence-electron chi connectivity index (χ4n) is 16.6. The largest absolute Gasteiger partial charge is 0.280 e. The predicted octanol–water partition coefficient (Wildman–Crippen LogP) is 25.2. The topological polar surface area (TPSA) is 42.1 Å². The normalized spacial score (nSPS) is 12.4. The maximum Gasteiger partial charge on any atom is 0.220 e. The van der Waals surface area contributed by atoms with Crippen LogP contribution in [0.15, 0.2) is 352 Å². The highest BCUT2D eigenvalue weighted by Gasteiger charge is 2.32. The molecule has 0 spiro atoms. The Kier molecular flexibility index (Phi) is 12.3. The number of nitrogens with zero attached hydrogens (tertiary/aromatic N) is 6. The van der Waals surface area contributed by atoms with Crippen molar-refractivity contribution in [1.29, 1.82) is 0 Å². The van der Waals surface area contributed by atoms with Gasteiger partial charge in [0.2, 0.25) is 11.9 Å². The van der Waals surface area contributed by atoms with Gasteiger partial charge in [0.25, 0.3) is 0 Å². The summed E-state index contributed by atoms with van der Waals surface area (Å²) in [6.45, 7) is 0. The van der Waals surface area contributed by atoms with Crippen molar-refractivity contribution < 1.29 is 0 Å². The molecule has 0 saturated heterocycles. The first kappa shape index (κ1) is 55.8. The quantitative estimate of drug-likeness (QED) is 0.166.